The molecule has 0 bridgehead atoms. The van der Waals surface area contributed by atoms with E-state index >= 15 is 0 Å². The molecule has 1 amide bonds. The largest absolute Gasteiger partial charge is 0.484 e. The van der Waals surface area contributed by atoms with Crippen molar-refractivity contribution in [3.8, 4) is 16.9 Å². The molecule has 4 aromatic rings. The van der Waals surface area contributed by atoms with Gasteiger partial charge in [0.05, 0.1) is 10.9 Å². The van der Waals surface area contributed by atoms with Crippen molar-refractivity contribution >= 4 is 34.2 Å². The van der Waals surface area contributed by atoms with E-state index in [1.165, 1.54) is 6.26 Å². The number of hydrogen-bond donors (Lipinski definition) is 1. The first kappa shape index (κ1) is 18.7. The van der Waals surface area contributed by atoms with Crippen molar-refractivity contribution in [1.82, 2.24) is 4.98 Å². The van der Waals surface area contributed by atoms with Crippen molar-refractivity contribution in [2.24, 2.45) is 0 Å². The second-order valence-corrected chi connectivity index (χ2v) is 6.65. The van der Waals surface area contributed by atoms with Gasteiger partial charge in [0.15, 0.2) is 12.0 Å². The predicted molar refractivity (Wildman–Crippen MR) is 111 cm³/mol. The summed E-state index contributed by atoms with van der Waals surface area (Å²) in [5.74, 6) is 0.112. The van der Waals surface area contributed by atoms with Crippen LogP contribution >= 0.6 is 11.6 Å². The molecule has 2 aromatic heterocycles. The number of hydrogen-bond acceptors (Lipinski definition) is 5. The third kappa shape index (κ3) is 4.28. The number of rotatable bonds is 5. The van der Waals surface area contributed by atoms with Crippen LogP contribution in [0.1, 0.15) is 0 Å². The number of carbonyl (C=O) groups excluding carboxylic acids is 1. The monoisotopic (exact) mass is 406 g/mol. The van der Waals surface area contributed by atoms with Gasteiger partial charge in [0, 0.05) is 29.2 Å². The van der Waals surface area contributed by atoms with Crippen LogP contribution in [0.5, 0.6) is 5.75 Å². The highest BCUT2D eigenvalue weighted by molar-refractivity contribution is 6.30. The molecule has 0 atom stereocenters. The van der Waals surface area contributed by atoms with Crippen molar-refractivity contribution in [1.29, 1.82) is 0 Å². The molecule has 2 heterocycles. The zero-order valence-electron chi connectivity index (χ0n) is 15.1. The highest BCUT2D eigenvalue weighted by Gasteiger charge is 2.11. The van der Waals surface area contributed by atoms with Gasteiger partial charge in [-0.3, -0.25) is 14.6 Å². The summed E-state index contributed by atoms with van der Waals surface area (Å²) in [6, 6.07) is 15.2. The van der Waals surface area contributed by atoms with Gasteiger partial charge >= 0.3 is 0 Å². The first-order valence-electron chi connectivity index (χ1n) is 8.74. The van der Waals surface area contributed by atoms with Crippen LogP contribution in [0.2, 0.25) is 5.02 Å². The van der Waals surface area contributed by atoms with E-state index in [1.807, 2.05) is 0 Å². The zero-order chi connectivity index (χ0) is 20.2. The van der Waals surface area contributed by atoms with Crippen molar-refractivity contribution in [3.05, 3.63) is 88.5 Å². The number of ether oxygens (including phenoxy) is 1. The molecular formula is C22H15ClN2O4. The van der Waals surface area contributed by atoms with Gasteiger partial charge in [-0.2, -0.15) is 0 Å². The van der Waals surface area contributed by atoms with Crippen molar-refractivity contribution in [3.63, 3.8) is 0 Å². The standard InChI is InChI=1S/C22H15ClN2O4/c23-15-3-1-14(2-4-15)19-12-29-20-11-17(5-6-18(20)22(19)27)28-13-21(26)25-16-7-9-24-10-8-16/h1-12H,13H2,(H,24,25,26). The Morgan fingerprint density at radius 1 is 1.07 bits per heavy atom. The number of nitrogens with zero attached hydrogens (tertiary/aromatic N) is 1. The Morgan fingerprint density at radius 2 is 1.83 bits per heavy atom. The van der Waals surface area contributed by atoms with E-state index in [-0.39, 0.29) is 17.9 Å². The van der Waals surface area contributed by atoms with Crippen LogP contribution in [0.3, 0.4) is 0 Å². The van der Waals surface area contributed by atoms with E-state index in [2.05, 4.69) is 10.3 Å². The van der Waals surface area contributed by atoms with Crippen LogP contribution in [0.15, 0.2) is 82.5 Å². The van der Waals surface area contributed by atoms with Gasteiger partial charge in [0.25, 0.3) is 5.91 Å². The van der Waals surface area contributed by atoms with Crippen LogP contribution in [0, 0.1) is 0 Å². The van der Waals surface area contributed by atoms with E-state index in [9.17, 15) is 9.59 Å². The number of aromatic nitrogens is 1. The number of halogens is 1. The Balaban J connectivity index is 1.51. The van der Waals surface area contributed by atoms with Crippen LogP contribution < -0.4 is 15.5 Å². The Labute approximate surface area is 170 Å². The fourth-order valence-corrected chi connectivity index (χ4v) is 2.93. The molecule has 0 spiro atoms. The maximum absolute atomic E-state index is 12.8. The Kier molecular flexibility index (Phi) is 5.27. The van der Waals surface area contributed by atoms with Crippen molar-refractivity contribution in [2.45, 2.75) is 0 Å². The average Bonchev–Trinajstić information content (AvgIpc) is 2.74. The van der Waals surface area contributed by atoms with Gasteiger partial charge in [-0.05, 0) is 42.0 Å². The number of anilines is 1. The Hall–Kier alpha value is -3.64. The first-order valence-corrected chi connectivity index (χ1v) is 9.12. The van der Waals surface area contributed by atoms with Crippen molar-refractivity contribution in [2.75, 3.05) is 11.9 Å². The summed E-state index contributed by atoms with van der Waals surface area (Å²) in [7, 11) is 0. The third-order valence-corrected chi connectivity index (χ3v) is 4.49. The molecule has 0 saturated heterocycles. The lowest BCUT2D eigenvalue weighted by Crippen LogP contribution is -2.20. The molecule has 144 valence electrons. The molecule has 4 rings (SSSR count). The minimum atomic E-state index is -0.309. The summed E-state index contributed by atoms with van der Waals surface area (Å²) in [6.07, 6.45) is 4.58. The number of nitrogens with one attached hydrogen (secondary N) is 1. The Bertz CT molecular complexity index is 1220. The summed E-state index contributed by atoms with van der Waals surface area (Å²) >= 11 is 5.90. The summed E-state index contributed by atoms with van der Waals surface area (Å²) < 4.78 is 11.1. The lowest BCUT2D eigenvalue weighted by molar-refractivity contribution is -0.118. The molecule has 1 N–H and O–H groups in total. The molecule has 0 fully saturated rings. The molecule has 29 heavy (non-hydrogen) atoms. The molecule has 6 nitrogen and oxygen atoms in total. The van der Waals surface area contributed by atoms with Gasteiger partial charge in [-0.15, -0.1) is 0 Å². The van der Waals surface area contributed by atoms with E-state index < -0.39 is 0 Å². The number of carbonyl (C=O) groups is 1. The average molecular weight is 407 g/mol. The molecule has 0 radical (unpaired) electrons. The second kappa shape index (κ2) is 8.16. The molecular weight excluding hydrogens is 392 g/mol. The topological polar surface area (TPSA) is 81.4 Å². The highest BCUT2D eigenvalue weighted by atomic mass is 35.5. The first-order chi connectivity index (χ1) is 14.1. The van der Waals surface area contributed by atoms with Crippen LogP contribution in [0.25, 0.3) is 22.1 Å². The summed E-state index contributed by atoms with van der Waals surface area (Å²) in [4.78, 5) is 28.7. The minimum Gasteiger partial charge on any atom is -0.484 e. The van der Waals surface area contributed by atoms with Gasteiger partial charge < -0.3 is 14.5 Å². The second-order valence-electron chi connectivity index (χ2n) is 6.22. The quantitative estimate of drug-likeness (QED) is 0.526. The normalized spacial score (nSPS) is 10.7. The maximum Gasteiger partial charge on any atom is 0.262 e. The summed E-state index contributed by atoms with van der Waals surface area (Å²) in [5.41, 5.74) is 2.01. The maximum atomic E-state index is 12.8. The molecule has 0 unspecified atom stereocenters. The van der Waals surface area contributed by atoms with Gasteiger partial charge in [-0.25, -0.2) is 0 Å². The van der Waals surface area contributed by atoms with Gasteiger partial charge in [-0.1, -0.05) is 23.7 Å². The van der Waals surface area contributed by atoms with E-state index in [0.717, 1.165) is 5.56 Å². The molecule has 0 aliphatic heterocycles. The van der Waals surface area contributed by atoms with Gasteiger partial charge in [0.2, 0.25) is 0 Å². The summed E-state index contributed by atoms with van der Waals surface area (Å²) in [6.45, 7) is -0.180. The number of benzene rings is 2. The highest BCUT2D eigenvalue weighted by Crippen LogP contribution is 2.24. The SMILES string of the molecule is O=C(COc1ccc2c(=O)c(-c3ccc(Cl)cc3)coc2c1)Nc1ccncc1. The van der Waals surface area contributed by atoms with Crippen LogP contribution in [-0.4, -0.2) is 17.5 Å². The number of fused-ring (bicyclic) bond motifs is 1. The fraction of sp³-hybridized carbons (Fsp3) is 0.0455. The molecule has 0 saturated carbocycles. The summed E-state index contributed by atoms with van der Waals surface area (Å²) in [5, 5.41) is 3.71. The fourth-order valence-electron chi connectivity index (χ4n) is 2.81. The van der Waals surface area contributed by atoms with Crippen LogP contribution in [0.4, 0.5) is 5.69 Å². The lowest BCUT2D eigenvalue weighted by atomic mass is 10.1. The van der Waals surface area contributed by atoms with E-state index in [0.29, 0.717) is 33.0 Å². The van der Waals surface area contributed by atoms with E-state index in [4.69, 9.17) is 20.8 Å². The van der Waals surface area contributed by atoms with Crippen molar-refractivity contribution < 1.29 is 13.9 Å². The molecule has 0 aliphatic rings. The van der Waals surface area contributed by atoms with Gasteiger partial charge in [0.1, 0.15) is 17.6 Å². The minimum absolute atomic E-state index is 0.157. The number of pyridine rings is 1. The van der Waals surface area contributed by atoms with Crippen LogP contribution in [-0.2, 0) is 4.79 Å². The number of amides is 1. The Morgan fingerprint density at radius 3 is 2.59 bits per heavy atom. The molecule has 7 heteroatoms. The lowest BCUT2D eigenvalue weighted by Gasteiger charge is -2.08. The predicted octanol–water partition coefficient (Wildman–Crippen LogP) is 4.53. The zero-order valence-corrected chi connectivity index (χ0v) is 15.8. The smallest absolute Gasteiger partial charge is 0.262 e. The molecule has 2 aromatic carbocycles. The van der Waals surface area contributed by atoms with E-state index in [1.54, 1.807) is 67.0 Å². The third-order valence-electron chi connectivity index (χ3n) is 4.24. The molecule has 0 aliphatic carbocycles.